The quantitative estimate of drug-likeness (QED) is 0.245. The first-order valence-electron chi connectivity index (χ1n) is 10.9. The van der Waals surface area contributed by atoms with Gasteiger partial charge >= 0.3 is 0 Å². The van der Waals surface area contributed by atoms with Crippen molar-refractivity contribution in [1.29, 1.82) is 0 Å². The van der Waals surface area contributed by atoms with Crippen LogP contribution < -0.4 is 14.4 Å². The number of amides is 1. The Morgan fingerprint density at radius 3 is 2.40 bits per heavy atom. The molecule has 1 aliphatic rings. The highest BCUT2D eigenvalue weighted by Crippen LogP contribution is 2.44. The zero-order chi connectivity index (χ0) is 25.3. The number of ether oxygens (including phenoxy) is 2. The Bertz CT molecular complexity index is 1330. The highest BCUT2D eigenvalue weighted by molar-refractivity contribution is 9.10. The van der Waals surface area contributed by atoms with Crippen LogP contribution in [0.2, 0.25) is 0 Å². The summed E-state index contributed by atoms with van der Waals surface area (Å²) in [6.07, 6.45) is 0. The third-order valence-electron chi connectivity index (χ3n) is 5.84. The summed E-state index contributed by atoms with van der Waals surface area (Å²) in [4.78, 5) is 28.0. The minimum atomic E-state index is -0.952. The van der Waals surface area contributed by atoms with Gasteiger partial charge < -0.3 is 19.7 Å². The number of rotatable bonds is 6. The molecule has 0 unspecified atom stereocenters. The maximum absolute atomic E-state index is 13.3. The second kappa shape index (κ2) is 9.84. The number of hydrogen-bond acceptors (Lipinski definition) is 6. The Morgan fingerprint density at radius 1 is 1.06 bits per heavy atom. The lowest BCUT2D eigenvalue weighted by Crippen LogP contribution is -2.29. The lowest BCUT2D eigenvalue weighted by atomic mass is 9.94. The normalized spacial score (nSPS) is 17.0. The third kappa shape index (κ3) is 4.49. The Labute approximate surface area is 211 Å². The fraction of sp³-hybridized carbons (Fsp3) is 0.185. The zero-order valence-corrected chi connectivity index (χ0v) is 21.0. The summed E-state index contributed by atoms with van der Waals surface area (Å²) in [5, 5.41) is 21.5. The lowest BCUT2D eigenvalue weighted by molar-refractivity contribution is -0.132. The van der Waals surface area contributed by atoms with Gasteiger partial charge in [0.1, 0.15) is 11.5 Å². The summed E-state index contributed by atoms with van der Waals surface area (Å²) in [6.45, 7) is 4.01. The van der Waals surface area contributed by atoms with Crippen LogP contribution in [-0.4, -0.2) is 35.6 Å². The number of ketones is 1. The van der Waals surface area contributed by atoms with Crippen molar-refractivity contribution in [2.24, 2.45) is 0 Å². The van der Waals surface area contributed by atoms with Crippen molar-refractivity contribution in [1.82, 2.24) is 0 Å². The average Bonchev–Trinajstić information content (AvgIpc) is 3.12. The van der Waals surface area contributed by atoms with Crippen molar-refractivity contribution >= 4 is 39.1 Å². The molecule has 0 spiro atoms. The van der Waals surface area contributed by atoms with E-state index < -0.39 is 17.7 Å². The van der Waals surface area contributed by atoms with Gasteiger partial charge in [-0.1, -0.05) is 28.1 Å². The van der Waals surface area contributed by atoms with Gasteiger partial charge in [-0.05, 0) is 73.5 Å². The molecule has 1 atom stereocenters. The number of anilines is 1. The molecule has 3 aromatic carbocycles. The van der Waals surface area contributed by atoms with Crippen molar-refractivity contribution in [3.8, 4) is 17.2 Å². The number of methoxy groups -OCH3 is 1. The van der Waals surface area contributed by atoms with E-state index in [2.05, 4.69) is 15.9 Å². The average molecular weight is 538 g/mol. The first kappa shape index (κ1) is 24.3. The van der Waals surface area contributed by atoms with Gasteiger partial charge in [-0.15, -0.1) is 0 Å². The highest BCUT2D eigenvalue weighted by Gasteiger charge is 2.47. The summed E-state index contributed by atoms with van der Waals surface area (Å²) in [7, 11) is 1.53. The number of hydrogen-bond donors (Lipinski definition) is 2. The van der Waals surface area contributed by atoms with Crippen LogP contribution in [0.5, 0.6) is 17.2 Å². The first-order chi connectivity index (χ1) is 16.8. The number of halogens is 1. The Balaban J connectivity index is 1.95. The minimum absolute atomic E-state index is 0.0648. The molecule has 0 aromatic heterocycles. The van der Waals surface area contributed by atoms with E-state index in [0.29, 0.717) is 29.2 Å². The van der Waals surface area contributed by atoms with Crippen molar-refractivity contribution in [3.05, 3.63) is 87.4 Å². The number of carbonyl (C=O) groups is 2. The largest absolute Gasteiger partial charge is 0.507 e. The minimum Gasteiger partial charge on any atom is -0.507 e. The van der Waals surface area contributed by atoms with Gasteiger partial charge in [-0.25, -0.2) is 0 Å². The second-order valence-electron chi connectivity index (χ2n) is 7.99. The number of aromatic hydroxyl groups is 1. The zero-order valence-electron chi connectivity index (χ0n) is 19.4. The number of aliphatic hydroxyl groups excluding tert-OH is 1. The molecular weight excluding hydrogens is 514 g/mol. The predicted octanol–water partition coefficient (Wildman–Crippen LogP) is 5.50. The Hall–Kier alpha value is -3.78. The van der Waals surface area contributed by atoms with Crippen LogP contribution in [0.15, 0.2) is 70.7 Å². The molecule has 0 saturated carbocycles. The summed E-state index contributed by atoms with van der Waals surface area (Å²) in [6, 6.07) is 15.6. The van der Waals surface area contributed by atoms with Crippen LogP contribution >= 0.6 is 15.9 Å². The molecule has 1 saturated heterocycles. The molecule has 1 heterocycles. The number of carbonyl (C=O) groups excluding carboxylic acids is 2. The van der Waals surface area contributed by atoms with Gasteiger partial charge in [0.2, 0.25) is 0 Å². The summed E-state index contributed by atoms with van der Waals surface area (Å²) in [5.74, 6) is -1.16. The molecule has 1 amide bonds. The van der Waals surface area contributed by atoms with Gasteiger partial charge in [0, 0.05) is 15.7 Å². The van der Waals surface area contributed by atoms with Gasteiger partial charge in [0.25, 0.3) is 11.7 Å². The number of aliphatic hydroxyl groups is 1. The van der Waals surface area contributed by atoms with E-state index in [4.69, 9.17) is 9.47 Å². The van der Waals surface area contributed by atoms with Gasteiger partial charge in [-0.2, -0.15) is 0 Å². The van der Waals surface area contributed by atoms with Crippen molar-refractivity contribution in [3.63, 3.8) is 0 Å². The van der Waals surface area contributed by atoms with E-state index in [1.807, 2.05) is 13.0 Å². The molecule has 0 aliphatic carbocycles. The number of phenolic OH excluding ortho intramolecular Hbond substituents is 1. The van der Waals surface area contributed by atoms with Gasteiger partial charge in [0.05, 0.1) is 25.3 Å². The molecular formula is C27H24BrNO6. The molecule has 0 radical (unpaired) electrons. The molecule has 180 valence electrons. The van der Waals surface area contributed by atoms with E-state index in [1.54, 1.807) is 55.5 Å². The van der Waals surface area contributed by atoms with Crippen molar-refractivity contribution < 1.29 is 29.3 Å². The van der Waals surface area contributed by atoms with Gasteiger partial charge in [-0.3, -0.25) is 14.5 Å². The third-order valence-corrected chi connectivity index (χ3v) is 6.70. The highest BCUT2D eigenvalue weighted by atomic mass is 79.9. The molecule has 2 N–H and O–H groups in total. The molecule has 0 bridgehead atoms. The van der Waals surface area contributed by atoms with Gasteiger partial charge in [0.15, 0.2) is 11.5 Å². The van der Waals surface area contributed by atoms with E-state index >= 15 is 0 Å². The Morgan fingerprint density at radius 2 is 1.77 bits per heavy atom. The van der Waals surface area contributed by atoms with Crippen molar-refractivity contribution in [2.75, 3.05) is 18.6 Å². The first-order valence-corrected chi connectivity index (χ1v) is 11.7. The maximum atomic E-state index is 13.3. The lowest BCUT2D eigenvalue weighted by Gasteiger charge is -2.26. The molecule has 3 aromatic rings. The fourth-order valence-electron chi connectivity index (χ4n) is 4.02. The molecule has 8 heteroatoms. The molecule has 1 fully saturated rings. The predicted molar refractivity (Wildman–Crippen MR) is 136 cm³/mol. The smallest absolute Gasteiger partial charge is 0.300 e. The number of benzene rings is 3. The van der Waals surface area contributed by atoms with E-state index in [-0.39, 0.29) is 22.8 Å². The molecule has 4 rings (SSSR count). The number of phenols is 1. The SMILES string of the molecule is CCOc1cc([C@H]2C(=C(O)c3ccc(OC)cc3)C(=O)C(=O)N2c2ccc(C)c(Br)c2)ccc1O. The van der Waals surface area contributed by atoms with Crippen LogP contribution in [0.3, 0.4) is 0 Å². The van der Waals surface area contributed by atoms with Crippen LogP contribution in [0, 0.1) is 6.92 Å². The second-order valence-corrected chi connectivity index (χ2v) is 8.85. The van der Waals surface area contributed by atoms with Crippen LogP contribution in [-0.2, 0) is 9.59 Å². The van der Waals surface area contributed by atoms with Crippen molar-refractivity contribution in [2.45, 2.75) is 19.9 Å². The fourth-order valence-corrected chi connectivity index (χ4v) is 4.39. The molecule has 35 heavy (non-hydrogen) atoms. The topological polar surface area (TPSA) is 96.3 Å². The number of nitrogens with zero attached hydrogens (tertiary/aromatic N) is 1. The maximum Gasteiger partial charge on any atom is 0.300 e. The number of Topliss-reactive ketones (excluding diaryl/α,β-unsaturated/α-hetero) is 1. The van der Waals surface area contributed by atoms with E-state index in [1.165, 1.54) is 18.1 Å². The molecule has 1 aliphatic heterocycles. The summed E-state index contributed by atoms with van der Waals surface area (Å²) >= 11 is 3.49. The van der Waals surface area contributed by atoms with E-state index in [0.717, 1.165) is 10.0 Å². The van der Waals surface area contributed by atoms with Crippen LogP contribution in [0.1, 0.15) is 29.7 Å². The molecule has 7 nitrogen and oxygen atoms in total. The number of aryl methyl sites for hydroxylation is 1. The Kier molecular flexibility index (Phi) is 6.84. The van der Waals surface area contributed by atoms with E-state index in [9.17, 15) is 19.8 Å². The van der Waals surface area contributed by atoms with Crippen LogP contribution in [0.25, 0.3) is 5.76 Å². The monoisotopic (exact) mass is 537 g/mol. The summed E-state index contributed by atoms with van der Waals surface area (Å²) < 4.78 is 11.5. The summed E-state index contributed by atoms with van der Waals surface area (Å²) in [5.41, 5.74) is 2.24. The standard InChI is InChI=1S/C27H24BrNO6/c1-4-35-22-13-17(8-12-21(22)30)24-23(25(31)16-6-10-19(34-3)11-7-16)26(32)27(33)29(24)18-9-5-15(2)20(28)14-18/h5-14,24,30-31H,4H2,1-3H3/t24-/m0/s1. The van der Waals surface area contributed by atoms with Crippen LogP contribution in [0.4, 0.5) is 5.69 Å².